The van der Waals surface area contributed by atoms with Gasteiger partial charge in [0.15, 0.2) is 0 Å². The van der Waals surface area contributed by atoms with Crippen LogP contribution in [0, 0.1) is 0 Å². The van der Waals surface area contributed by atoms with E-state index in [2.05, 4.69) is 37.1 Å². The molecule has 0 radical (unpaired) electrons. The van der Waals surface area contributed by atoms with Crippen LogP contribution in [-0.4, -0.2) is 25.0 Å². The van der Waals surface area contributed by atoms with Crippen LogP contribution in [0.25, 0.3) is 0 Å². The Kier molecular flexibility index (Phi) is 7.71. The van der Waals surface area contributed by atoms with Crippen LogP contribution in [0.4, 0.5) is 0 Å². The van der Waals surface area contributed by atoms with Crippen LogP contribution in [0.15, 0.2) is 23.8 Å². The lowest BCUT2D eigenvalue weighted by Gasteiger charge is -2.15. The number of rotatable bonds is 3. The molecule has 0 saturated carbocycles. The molecule has 0 aromatic carbocycles. The van der Waals surface area contributed by atoms with Crippen LogP contribution in [-0.2, 0) is 0 Å². The zero-order chi connectivity index (χ0) is 10.1. The molecule has 1 aliphatic rings. The van der Waals surface area contributed by atoms with Gasteiger partial charge in [0.1, 0.15) is 0 Å². The van der Waals surface area contributed by atoms with Gasteiger partial charge < -0.3 is 4.90 Å². The Morgan fingerprint density at radius 1 is 1.31 bits per heavy atom. The molecule has 0 N–H and O–H groups in total. The lowest BCUT2D eigenvalue weighted by Crippen LogP contribution is -2.20. The lowest BCUT2D eigenvalue weighted by molar-refractivity contribution is 0.385. The van der Waals surface area contributed by atoms with Crippen molar-refractivity contribution in [2.45, 2.75) is 33.6 Å². The minimum absolute atomic E-state index is 1.10. The summed E-state index contributed by atoms with van der Waals surface area (Å²) < 4.78 is 0. The summed E-state index contributed by atoms with van der Waals surface area (Å²) in [7, 11) is 2.16. The van der Waals surface area contributed by atoms with Gasteiger partial charge in [-0.2, -0.15) is 0 Å². The fraction of sp³-hybridized carbons (Fsp3) is 0.667. The van der Waals surface area contributed by atoms with Gasteiger partial charge in [-0.25, -0.2) is 0 Å². The second kappa shape index (κ2) is 8.06. The van der Waals surface area contributed by atoms with E-state index in [9.17, 15) is 0 Å². The molecule has 13 heavy (non-hydrogen) atoms. The van der Waals surface area contributed by atoms with Gasteiger partial charge in [0.05, 0.1) is 0 Å². The molecule has 0 fully saturated rings. The Labute approximate surface area is 83.1 Å². The van der Waals surface area contributed by atoms with E-state index in [1.54, 1.807) is 0 Å². The van der Waals surface area contributed by atoms with E-state index in [1.807, 2.05) is 13.8 Å². The molecular weight excluding hydrogens is 158 g/mol. The maximum Gasteiger partial charge on any atom is 0.0227 e. The quantitative estimate of drug-likeness (QED) is 0.646. The van der Waals surface area contributed by atoms with Gasteiger partial charge in [0.25, 0.3) is 0 Å². The average Bonchev–Trinajstić information content (AvgIpc) is 2.22. The van der Waals surface area contributed by atoms with Crippen molar-refractivity contribution in [3.8, 4) is 0 Å². The van der Waals surface area contributed by atoms with E-state index in [1.165, 1.54) is 18.4 Å². The second-order valence-corrected chi connectivity index (χ2v) is 3.09. The Morgan fingerprint density at radius 3 is 2.46 bits per heavy atom. The lowest BCUT2D eigenvalue weighted by atomic mass is 10.1. The molecule has 0 spiro atoms. The van der Waals surface area contributed by atoms with E-state index in [-0.39, 0.29) is 0 Å². The molecule has 0 atom stereocenters. The Hall–Kier alpha value is -0.560. The van der Waals surface area contributed by atoms with Crippen LogP contribution in [0.2, 0.25) is 0 Å². The van der Waals surface area contributed by atoms with Gasteiger partial charge in [-0.15, -0.1) is 0 Å². The van der Waals surface area contributed by atoms with Crippen molar-refractivity contribution < 1.29 is 0 Å². The van der Waals surface area contributed by atoms with Crippen molar-refractivity contribution in [2.24, 2.45) is 0 Å². The van der Waals surface area contributed by atoms with Gasteiger partial charge in [0.2, 0.25) is 0 Å². The number of hydrogen-bond acceptors (Lipinski definition) is 1. The van der Waals surface area contributed by atoms with Crippen LogP contribution in [0.5, 0.6) is 0 Å². The molecule has 0 aromatic rings. The van der Waals surface area contributed by atoms with Gasteiger partial charge in [-0.1, -0.05) is 39.0 Å². The molecule has 1 aliphatic carbocycles. The average molecular weight is 181 g/mol. The van der Waals surface area contributed by atoms with Crippen molar-refractivity contribution in [1.29, 1.82) is 0 Å². The van der Waals surface area contributed by atoms with Gasteiger partial charge in [-0.05, 0) is 32.0 Å². The Bertz CT molecular complexity index is 168. The number of hydrogen-bond donors (Lipinski definition) is 0. The first-order valence-corrected chi connectivity index (χ1v) is 5.37. The van der Waals surface area contributed by atoms with Crippen molar-refractivity contribution in [2.75, 3.05) is 20.1 Å². The Balaban J connectivity index is 0.000000671. The summed E-state index contributed by atoms with van der Waals surface area (Å²) in [5.41, 5.74) is 1.47. The summed E-state index contributed by atoms with van der Waals surface area (Å²) in [5.74, 6) is 0. The zero-order valence-electron chi connectivity index (χ0n) is 9.51. The smallest absolute Gasteiger partial charge is 0.0227 e. The van der Waals surface area contributed by atoms with Crippen LogP contribution in [0.1, 0.15) is 33.6 Å². The summed E-state index contributed by atoms with van der Waals surface area (Å²) in [4.78, 5) is 2.32. The maximum atomic E-state index is 2.34. The summed E-state index contributed by atoms with van der Waals surface area (Å²) in [5, 5.41) is 0. The van der Waals surface area contributed by atoms with E-state index in [4.69, 9.17) is 0 Å². The van der Waals surface area contributed by atoms with E-state index in [0.717, 1.165) is 13.1 Å². The normalized spacial score (nSPS) is 15.0. The minimum atomic E-state index is 1.10. The van der Waals surface area contributed by atoms with Crippen molar-refractivity contribution >= 4 is 0 Å². The monoisotopic (exact) mass is 181 g/mol. The first kappa shape index (κ1) is 12.4. The highest BCUT2D eigenvalue weighted by atomic mass is 15.1. The molecule has 1 nitrogen and oxygen atoms in total. The summed E-state index contributed by atoms with van der Waals surface area (Å²) >= 11 is 0. The van der Waals surface area contributed by atoms with Gasteiger partial charge >= 0.3 is 0 Å². The Morgan fingerprint density at radius 2 is 2.00 bits per heavy atom. The molecule has 1 rings (SSSR count). The molecule has 1 heteroatoms. The maximum absolute atomic E-state index is 2.34. The summed E-state index contributed by atoms with van der Waals surface area (Å²) in [6.07, 6.45) is 9.30. The first-order chi connectivity index (χ1) is 6.33. The first-order valence-electron chi connectivity index (χ1n) is 5.37. The second-order valence-electron chi connectivity index (χ2n) is 3.09. The van der Waals surface area contributed by atoms with Crippen LogP contribution >= 0.6 is 0 Å². The van der Waals surface area contributed by atoms with Gasteiger partial charge in [-0.3, -0.25) is 0 Å². The standard InChI is InChI=1S/C10H17N.C2H6/c1-3-11(2)9-10-7-5-4-6-8-10;1-2/h5,7-8H,3-4,6,9H2,1-2H3;1-2H3. The van der Waals surface area contributed by atoms with Crippen LogP contribution in [0.3, 0.4) is 0 Å². The molecule has 0 bridgehead atoms. The predicted molar refractivity (Wildman–Crippen MR) is 61.0 cm³/mol. The minimum Gasteiger partial charge on any atom is -0.302 e. The number of allylic oxidation sites excluding steroid dienone is 2. The van der Waals surface area contributed by atoms with E-state index in [0.29, 0.717) is 0 Å². The summed E-state index contributed by atoms with van der Waals surface area (Å²) in [6.45, 7) is 8.42. The molecule has 0 unspecified atom stereocenters. The molecule has 0 saturated heterocycles. The molecular formula is C12H23N. The zero-order valence-corrected chi connectivity index (χ0v) is 9.51. The topological polar surface area (TPSA) is 3.24 Å². The van der Waals surface area contributed by atoms with Gasteiger partial charge in [0, 0.05) is 6.54 Å². The van der Waals surface area contributed by atoms with Crippen LogP contribution < -0.4 is 0 Å². The highest BCUT2D eigenvalue weighted by Gasteiger charge is 1.99. The molecule has 76 valence electrons. The third-order valence-electron chi connectivity index (χ3n) is 2.06. The SMILES string of the molecule is CC.CCN(C)CC1=CCCC=C1. The molecule has 0 aliphatic heterocycles. The number of nitrogens with zero attached hydrogens (tertiary/aromatic N) is 1. The third kappa shape index (κ3) is 5.64. The third-order valence-corrected chi connectivity index (χ3v) is 2.06. The molecule has 0 aromatic heterocycles. The van der Waals surface area contributed by atoms with E-state index < -0.39 is 0 Å². The number of likely N-dealkylation sites (N-methyl/N-ethyl adjacent to an activating group) is 1. The van der Waals surface area contributed by atoms with Crippen molar-refractivity contribution in [3.63, 3.8) is 0 Å². The highest BCUT2D eigenvalue weighted by molar-refractivity contribution is 5.23. The summed E-state index contributed by atoms with van der Waals surface area (Å²) in [6, 6.07) is 0. The molecule has 0 heterocycles. The molecule has 0 amide bonds. The predicted octanol–water partition coefficient (Wildman–Crippen LogP) is 3.24. The fourth-order valence-corrected chi connectivity index (χ4v) is 1.21. The fourth-order valence-electron chi connectivity index (χ4n) is 1.21. The largest absolute Gasteiger partial charge is 0.302 e. The van der Waals surface area contributed by atoms with E-state index >= 15 is 0 Å². The van der Waals surface area contributed by atoms with Crippen molar-refractivity contribution in [3.05, 3.63) is 23.8 Å². The van der Waals surface area contributed by atoms with Crippen molar-refractivity contribution in [1.82, 2.24) is 4.90 Å². The highest BCUT2D eigenvalue weighted by Crippen LogP contribution is 2.09.